The molecule has 1 rings (SSSR count). The quantitative estimate of drug-likeness (QED) is 0.361. The minimum atomic E-state index is -1.23. The van der Waals surface area contributed by atoms with Gasteiger partial charge in [0.05, 0.1) is 5.03 Å². The lowest BCUT2D eigenvalue weighted by Crippen LogP contribution is -2.17. The van der Waals surface area contributed by atoms with Crippen molar-refractivity contribution in [3.05, 3.63) is 11.8 Å². The number of aromatic nitrogens is 2. The Morgan fingerprint density at radius 2 is 1.60 bits per heavy atom. The van der Waals surface area contributed by atoms with E-state index in [4.69, 9.17) is 4.98 Å². The predicted molar refractivity (Wildman–Crippen MR) is 99.1 cm³/mol. The van der Waals surface area contributed by atoms with Gasteiger partial charge in [-0.05, 0) is 12.8 Å². The third kappa shape index (κ3) is 7.29. The van der Waals surface area contributed by atoms with Gasteiger partial charge in [-0.25, -0.2) is 9.97 Å². The molecule has 0 unspecified atom stereocenters. The first kappa shape index (κ1) is 18.3. The Bertz CT molecular complexity index is 440. The molecule has 6 heteroatoms. The van der Waals surface area contributed by atoms with E-state index in [0.717, 1.165) is 11.6 Å². The fourth-order valence-electron chi connectivity index (χ4n) is 1.62. The molecule has 0 N–H and O–H groups in total. The zero-order valence-electron chi connectivity index (χ0n) is 13.9. The summed E-state index contributed by atoms with van der Waals surface area (Å²) in [6.07, 6.45) is 5.64. The molecular formula is C14H28N2S2Si2. The molecule has 0 saturated carbocycles. The van der Waals surface area contributed by atoms with Crippen molar-refractivity contribution < 1.29 is 0 Å². The summed E-state index contributed by atoms with van der Waals surface area (Å²) >= 11 is 3.90. The number of unbranched alkanes of at least 4 members (excludes halogenated alkanes) is 1. The van der Waals surface area contributed by atoms with Crippen molar-refractivity contribution in [3.63, 3.8) is 0 Å². The second-order valence-corrected chi connectivity index (χ2v) is 25.2. The van der Waals surface area contributed by atoms with Gasteiger partial charge in [-0.1, -0.05) is 52.6 Å². The molecule has 20 heavy (non-hydrogen) atoms. The molecule has 0 aliphatic rings. The number of aryl methyl sites for hydroxylation is 1. The molecule has 0 aliphatic carbocycles. The maximum atomic E-state index is 4.88. The first-order valence-corrected chi connectivity index (χ1v) is 17.4. The highest BCUT2D eigenvalue weighted by Gasteiger charge is 2.21. The van der Waals surface area contributed by atoms with Gasteiger partial charge in [0.1, 0.15) is 14.4 Å². The van der Waals surface area contributed by atoms with E-state index in [9.17, 15) is 0 Å². The van der Waals surface area contributed by atoms with Crippen LogP contribution in [0.4, 0.5) is 0 Å². The standard InChI is InChI=1S/C14H28N2S2Si2/c1-8-9-10-12-11-15-14(18-20(5,6)7)16-13(12)17-19(2,3)4/h11H,8-10H2,1-7H3. The second kappa shape index (κ2) is 7.47. The minimum Gasteiger partial charge on any atom is -0.231 e. The molecule has 0 aromatic carbocycles. The van der Waals surface area contributed by atoms with Crippen molar-refractivity contribution in [3.8, 4) is 0 Å². The van der Waals surface area contributed by atoms with E-state index in [0.29, 0.717) is 0 Å². The van der Waals surface area contributed by atoms with E-state index >= 15 is 0 Å². The molecule has 0 atom stereocenters. The third-order valence-corrected chi connectivity index (χ3v) is 9.36. The number of rotatable bonds is 7. The van der Waals surface area contributed by atoms with Crippen LogP contribution in [0.5, 0.6) is 0 Å². The van der Waals surface area contributed by atoms with Crippen LogP contribution >= 0.6 is 22.4 Å². The highest BCUT2D eigenvalue weighted by atomic mass is 32.4. The average molecular weight is 345 g/mol. The van der Waals surface area contributed by atoms with Crippen LogP contribution in [0.15, 0.2) is 16.4 Å². The highest BCUT2D eigenvalue weighted by Crippen LogP contribution is 2.33. The van der Waals surface area contributed by atoms with Gasteiger partial charge >= 0.3 is 0 Å². The van der Waals surface area contributed by atoms with Gasteiger partial charge in [0, 0.05) is 11.8 Å². The van der Waals surface area contributed by atoms with Crippen LogP contribution in [-0.2, 0) is 6.42 Å². The highest BCUT2D eigenvalue weighted by molar-refractivity contribution is 8.29. The number of nitrogens with zero attached hydrogens (tertiary/aromatic N) is 2. The summed E-state index contributed by atoms with van der Waals surface area (Å²) in [5.41, 5.74) is 1.35. The number of hydrogen-bond donors (Lipinski definition) is 0. The number of hydrogen-bond acceptors (Lipinski definition) is 4. The van der Waals surface area contributed by atoms with Crippen molar-refractivity contribution in [2.75, 3.05) is 0 Å². The van der Waals surface area contributed by atoms with Gasteiger partial charge in [0.2, 0.25) is 0 Å². The summed E-state index contributed by atoms with van der Waals surface area (Å²) in [6.45, 7) is 16.4. The first-order chi connectivity index (χ1) is 9.11. The topological polar surface area (TPSA) is 25.8 Å². The lowest BCUT2D eigenvalue weighted by atomic mass is 10.1. The molecule has 0 radical (unpaired) electrons. The monoisotopic (exact) mass is 344 g/mol. The molecule has 1 aromatic rings. The van der Waals surface area contributed by atoms with Gasteiger partial charge in [-0.2, -0.15) is 0 Å². The van der Waals surface area contributed by atoms with Gasteiger partial charge in [-0.15, -0.1) is 22.4 Å². The summed E-state index contributed by atoms with van der Waals surface area (Å²) in [7, 11) is -2.45. The lowest BCUT2D eigenvalue weighted by molar-refractivity contribution is 0.752. The largest absolute Gasteiger partial charge is 0.231 e. The summed E-state index contributed by atoms with van der Waals surface area (Å²) < 4.78 is 0. The van der Waals surface area contributed by atoms with E-state index in [1.165, 1.54) is 23.4 Å². The zero-order chi connectivity index (χ0) is 15.4. The third-order valence-electron chi connectivity index (χ3n) is 2.40. The summed E-state index contributed by atoms with van der Waals surface area (Å²) in [5.74, 6) is 0. The van der Waals surface area contributed by atoms with Crippen LogP contribution in [0, 0.1) is 0 Å². The Balaban J connectivity index is 3.01. The Hall–Kier alpha value is 0.214. The van der Waals surface area contributed by atoms with Crippen molar-refractivity contribution >= 4 is 36.9 Å². The van der Waals surface area contributed by atoms with Crippen molar-refractivity contribution in [1.82, 2.24) is 9.97 Å². The normalized spacial score (nSPS) is 12.8. The molecule has 0 bridgehead atoms. The zero-order valence-corrected chi connectivity index (χ0v) is 17.5. The predicted octanol–water partition coefficient (Wildman–Crippen LogP) is 5.67. The van der Waals surface area contributed by atoms with Crippen molar-refractivity contribution in [2.45, 2.75) is 75.7 Å². The molecular weight excluding hydrogens is 316 g/mol. The molecule has 0 aliphatic heterocycles. The van der Waals surface area contributed by atoms with E-state index in [1.807, 2.05) is 22.4 Å². The Labute approximate surface area is 134 Å². The van der Waals surface area contributed by atoms with Crippen LogP contribution in [0.3, 0.4) is 0 Å². The van der Waals surface area contributed by atoms with Crippen molar-refractivity contribution in [2.24, 2.45) is 0 Å². The fraction of sp³-hybridized carbons (Fsp3) is 0.714. The molecule has 1 aromatic heterocycles. The summed E-state index contributed by atoms with van der Waals surface area (Å²) in [5, 5.41) is 2.22. The Kier molecular flexibility index (Phi) is 6.82. The van der Waals surface area contributed by atoms with Crippen LogP contribution in [0.1, 0.15) is 25.3 Å². The Morgan fingerprint density at radius 3 is 2.10 bits per heavy atom. The van der Waals surface area contributed by atoms with E-state index in [-0.39, 0.29) is 0 Å². The van der Waals surface area contributed by atoms with Crippen LogP contribution in [-0.4, -0.2) is 24.4 Å². The smallest absolute Gasteiger partial charge is 0.182 e. The maximum Gasteiger partial charge on any atom is 0.182 e. The molecule has 114 valence electrons. The van der Waals surface area contributed by atoms with Crippen LogP contribution in [0.25, 0.3) is 0 Å². The fourth-order valence-corrected chi connectivity index (χ4v) is 7.67. The van der Waals surface area contributed by atoms with Gasteiger partial charge in [-0.3, -0.25) is 0 Å². The maximum absolute atomic E-state index is 4.88. The minimum absolute atomic E-state index is 0.977. The molecule has 2 nitrogen and oxygen atoms in total. The van der Waals surface area contributed by atoms with Crippen LogP contribution < -0.4 is 0 Å². The van der Waals surface area contributed by atoms with E-state index in [1.54, 1.807) is 0 Å². The van der Waals surface area contributed by atoms with Gasteiger partial charge in [0.25, 0.3) is 0 Å². The van der Waals surface area contributed by atoms with Crippen molar-refractivity contribution in [1.29, 1.82) is 0 Å². The van der Waals surface area contributed by atoms with E-state index < -0.39 is 14.4 Å². The molecule has 0 saturated heterocycles. The van der Waals surface area contributed by atoms with Crippen LogP contribution in [0.2, 0.25) is 39.3 Å². The Morgan fingerprint density at radius 1 is 1.00 bits per heavy atom. The average Bonchev–Trinajstić information content (AvgIpc) is 2.23. The summed E-state index contributed by atoms with van der Waals surface area (Å²) in [6, 6.07) is 0. The SMILES string of the molecule is CCCCc1cnc(S[Si](C)(C)C)nc1S[Si](C)(C)C. The molecule has 0 spiro atoms. The summed E-state index contributed by atoms with van der Waals surface area (Å²) in [4.78, 5) is 9.48. The van der Waals surface area contributed by atoms with Gasteiger partial charge in [0.15, 0.2) is 5.16 Å². The van der Waals surface area contributed by atoms with E-state index in [2.05, 4.69) is 57.4 Å². The molecule has 0 amide bonds. The first-order valence-electron chi connectivity index (χ1n) is 7.34. The van der Waals surface area contributed by atoms with Gasteiger partial charge < -0.3 is 0 Å². The molecule has 0 fully saturated rings. The second-order valence-electron chi connectivity index (χ2n) is 7.02. The molecule has 1 heterocycles. The lowest BCUT2D eigenvalue weighted by Gasteiger charge is -2.19.